The zero-order valence-corrected chi connectivity index (χ0v) is 15.0. The molecular formula is C17H18N2O3S2. The van der Waals surface area contributed by atoms with Gasteiger partial charge in [0.15, 0.2) is 0 Å². The van der Waals surface area contributed by atoms with Crippen LogP contribution in [0.25, 0.3) is 0 Å². The molecule has 126 valence electrons. The SMILES string of the molecule is CCN(c1ccccc1)S(=O)(=O)c1ccc2c(c1)NC(=O)C(C)S2. The van der Waals surface area contributed by atoms with Crippen LogP contribution in [-0.2, 0) is 14.8 Å². The van der Waals surface area contributed by atoms with Crippen molar-refractivity contribution in [1.82, 2.24) is 0 Å². The van der Waals surface area contributed by atoms with Gasteiger partial charge in [0.25, 0.3) is 10.0 Å². The third-order valence-corrected chi connectivity index (χ3v) is 6.88. The van der Waals surface area contributed by atoms with Crippen molar-refractivity contribution < 1.29 is 13.2 Å². The highest BCUT2D eigenvalue weighted by Crippen LogP contribution is 2.37. The summed E-state index contributed by atoms with van der Waals surface area (Å²) < 4.78 is 27.4. The van der Waals surface area contributed by atoms with E-state index in [-0.39, 0.29) is 16.1 Å². The molecule has 1 heterocycles. The minimum Gasteiger partial charge on any atom is -0.324 e. The number of nitrogens with one attached hydrogen (secondary N) is 1. The highest BCUT2D eigenvalue weighted by Gasteiger charge is 2.28. The van der Waals surface area contributed by atoms with E-state index in [1.54, 1.807) is 43.3 Å². The van der Waals surface area contributed by atoms with E-state index in [9.17, 15) is 13.2 Å². The number of sulfonamides is 1. The number of rotatable bonds is 4. The monoisotopic (exact) mass is 362 g/mol. The van der Waals surface area contributed by atoms with Crippen LogP contribution >= 0.6 is 11.8 Å². The molecule has 0 bridgehead atoms. The van der Waals surface area contributed by atoms with Gasteiger partial charge in [-0.3, -0.25) is 9.10 Å². The Morgan fingerprint density at radius 3 is 2.54 bits per heavy atom. The lowest BCUT2D eigenvalue weighted by Crippen LogP contribution is -2.31. The first-order chi connectivity index (χ1) is 11.4. The van der Waals surface area contributed by atoms with Crippen molar-refractivity contribution in [3.63, 3.8) is 0 Å². The molecule has 2 aromatic rings. The van der Waals surface area contributed by atoms with Crippen LogP contribution in [0.5, 0.6) is 0 Å². The average Bonchev–Trinajstić information content (AvgIpc) is 2.57. The fraction of sp³-hybridized carbons (Fsp3) is 0.235. The number of hydrogen-bond acceptors (Lipinski definition) is 4. The quantitative estimate of drug-likeness (QED) is 0.906. The molecule has 1 aliphatic rings. The van der Waals surface area contributed by atoms with Crippen molar-refractivity contribution in [2.45, 2.75) is 28.9 Å². The molecule has 2 aromatic carbocycles. The Balaban J connectivity index is 2.01. The third kappa shape index (κ3) is 3.01. The van der Waals surface area contributed by atoms with Gasteiger partial charge >= 0.3 is 0 Å². The van der Waals surface area contributed by atoms with Crippen molar-refractivity contribution in [3.05, 3.63) is 48.5 Å². The molecule has 0 saturated heterocycles. The molecule has 0 fully saturated rings. The Morgan fingerprint density at radius 1 is 1.17 bits per heavy atom. The summed E-state index contributed by atoms with van der Waals surface area (Å²) in [5.41, 5.74) is 1.16. The minimum atomic E-state index is -3.70. The van der Waals surface area contributed by atoms with Crippen LogP contribution < -0.4 is 9.62 Å². The highest BCUT2D eigenvalue weighted by molar-refractivity contribution is 8.01. The fourth-order valence-electron chi connectivity index (χ4n) is 2.56. The Kier molecular flexibility index (Phi) is 4.56. The number of thioether (sulfide) groups is 1. The van der Waals surface area contributed by atoms with Gasteiger partial charge in [0.2, 0.25) is 5.91 Å². The van der Waals surface area contributed by atoms with Gasteiger partial charge < -0.3 is 5.32 Å². The molecule has 24 heavy (non-hydrogen) atoms. The Morgan fingerprint density at radius 2 is 1.88 bits per heavy atom. The molecule has 5 nitrogen and oxygen atoms in total. The van der Waals surface area contributed by atoms with Gasteiger partial charge in [-0.1, -0.05) is 18.2 Å². The molecule has 1 aliphatic heterocycles. The second-order valence-electron chi connectivity index (χ2n) is 5.41. The van der Waals surface area contributed by atoms with Crippen molar-refractivity contribution in [1.29, 1.82) is 0 Å². The second kappa shape index (κ2) is 6.49. The van der Waals surface area contributed by atoms with Gasteiger partial charge in [-0.25, -0.2) is 8.42 Å². The number of carbonyl (C=O) groups excluding carboxylic acids is 1. The molecule has 1 atom stereocenters. The molecule has 3 rings (SSSR count). The Bertz CT molecular complexity index is 867. The van der Waals surface area contributed by atoms with E-state index in [1.807, 2.05) is 13.0 Å². The fourth-order valence-corrected chi connectivity index (χ4v) is 4.99. The molecule has 0 spiro atoms. The van der Waals surface area contributed by atoms with Crippen LogP contribution in [-0.4, -0.2) is 26.1 Å². The zero-order valence-electron chi connectivity index (χ0n) is 13.4. The number of amides is 1. The summed E-state index contributed by atoms with van der Waals surface area (Å²) in [7, 11) is -3.70. The highest BCUT2D eigenvalue weighted by atomic mass is 32.2. The van der Waals surface area contributed by atoms with Crippen molar-refractivity contribution in [2.75, 3.05) is 16.2 Å². The van der Waals surface area contributed by atoms with E-state index < -0.39 is 10.0 Å². The van der Waals surface area contributed by atoms with Crippen LogP contribution in [0.15, 0.2) is 58.3 Å². The maximum absolute atomic E-state index is 13.0. The van der Waals surface area contributed by atoms with E-state index in [0.717, 1.165) is 4.90 Å². The number of carbonyl (C=O) groups is 1. The summed E-state index contributed by atoms with van der Waals surface area (Å²) in [6.07, 6.45) is 0. The van der Waals surface area contributed by atoms with Crippen molar-refractivity contribution >= 4 is 39.1 Å². The standard InChI is InChI=1S/C17H18N2O3S2/c1-3-19(13-7-5-4-6-8-13)24(21,22)14-9-10-16-15(11-14)18-17(20)12(2)23-16/h4-12H,3H2,1-2H3,(H,18,20). The number of para-hydroxylation sites is 1. The molecule has 0 saturated carbocycles. The first kappa shape index (κ1) is 16.9. The van der Waals surface area contributed by atoms with E-state index in [0.29, 0.717) is 17.9 Å². The molecule has 1 amide bonds. The van der Waals surface area contributed by atoms with Gasteiger partial charge in [-0.05, 0) is 44.2 Å². The molecule has 0 aliphatic carbocycles. The minimum absolute atomic E-state index is 0.113. The van der Waals surface area contributed by atoms with Gasteiger partial charge in [-0.15, -0.1) is 11.8 Å². The van der Waals surface area contributed by atoms with E-state index in [2.05, 4.69) is 5.32 Å². The lowest BCUT2D eigenvalue weighted by Gasteiger charge is -2.25. The summed E-state index contributed by atoms with van der Waals surface area (Å²) in [6, 6.07) is 13.9. The van der Waals surface area contributed by atoms with Crippen LogP contribution in [0.4, 0.5) is 11.4 Å². The first-order valence-electron chi connectivity index (χ1n) is 7.63. The largest absolute Gasteiger partial charge is 0.324 e. The average molecular weight is 362 g/mol. The van der Waals surface area contributed by atoms with E-state index >= 15 is 0 Å². The molecule has 0 aromatic heterocycles. The summed E-state index contributed by atoms with van der Waals surface area (Å²) in [6.45, 7) is 3.94. The molecule has 0 radical (unpaired) electrons. The van der Waals surface area contributed by atoms with E-state index in [4.69, 9.17) is 0 Å². The second-order valence-corrected chi connectivity index (χ2v) is 8.66. The van der Waals surface area contributed by atoms with Gasteiger partial charge in [-0.2, -0.15) is 0 Å². The van der Waals surface area contributed by atoms with Crippen LogP contribution in [0.3, 0.4) is 0 Å². The molecule has 1 N–H and O–H groups in total. The van der Waals surface area contributed by atoms with E-state index in [1.165, 1.54) is 22.1 Å². The number of anilines is 2. The maximum Gasteiger partial charge on any atom is 0.264 e. The third-order valence-electron chi connectivity index (χ3n) is 3.80. The maximum atomic E-state index is 13.0. The van der Waals surface area contributed by atoms with Gasteiger partial charge in [0.05, 0.1) is 21.5 Å². The normalized spacial score (nSPS) is 17.1. The number of benzene rings is 2. The Hall–Kier alpha value is -1.99. The van der Waals surface area contributed by atoms with Crippen molar-refractivity contribution in [2.24, 2.45) is 0 Å². The van der Waals surface area contributed by atoms with Crippen molar-refractivity contribution in [3.8, 4) is 0 Å². The molecular weight excluding hydrogens is 344 g/mol. The predicted octanol–water partition coefficient (Wildman–Crippen LogP) is 3.33. The Labute approximate surface area is 146 Å². The first-order valence-corrected chi connectivity index (χ1v) is 9.95. The summed E-state index contributed by atoms with van der Waals surface area (Å²) in [4.78, 5) is 12.9. The lowest BCUT2D eigenvalue weighted by molar-refractivity contribution is -0.115. The molecule has 7 heteroatoms. The topological polar surface area (TPSA) is 66.5 Å². The van der Waals surface area contributed by atoms with Gasteiger partial charge in [0.1, 0.15) is 0 Å². The predicted molar refractivity (Wildman–Crippen MR) is 97.0 cm³/mol. The number of fused-ring (bicyclic) bond motifs is 1. The number of nitrogens with zero attached hydrogens (tertiary/aromatic N) is 1. The summed E-state index contributed by atoms with van der Waals surface area (Å²) in [5.74, 6) is -0.113. The zero-order chi connectivity index (χ0) is 17.3. The smallest absolute Gasteiger partial charge is 0.264 e. The summed E-state index contributed by atoms with van der Waals surface area (Å²) >= 11 is 1.43. The van der Waals surface area contributed by atoms with Gasteiger partial charge in [0, 0.05) is 11.4 Å². The van der Waals surface area contributed by atoms with Crippen LogP contribution in [0, 0.1) is 0 Å². The molecule has 1 unspecified atom stereocenters. The number of hydrogen-bond donors (Lipinski definition) is 1. The lowest BCUT2D eigenvalue weighted by atomic mass is 10.3. The van der Waals surface area contributed by atoms with Crippen LogP contribution in [0.2, 0.25) is 0 Å². The summed E-state index contributed by atoms with van der Waals surface area (Å²) in [5, 5.41) is 2.59. The van der Waals surface area contributed by atoms with Crippen LogP contribution in [0.1, 0.15) is 13.8 Å².